The van der Waals surface area contributed by atoms with E-state index in [0.29, 0.717) is 11.2 Å². The van der Waals surface area contributed by atoms with E-state index in [4.69, 9.17) is 0 Å². The first-order valence-corrected chi connectivity index (χ1v) is 4.67. The van der Waals surface area contributed by atoms with Crippen molar-refractivity contribution in [3.8, 4) is 5.75 Å². The molecule has 0 radical (unpaired) electrons. The maximum absolute atomic E-state index is 9.24. The molecule has 0 saturated heterocycles. The van der Waals surface area contributed by atoms with Crippen LogP contribution in [0.3, 0.4) is 0 Å². The summed E-state index contributed by atoms with van der Waals surface area (Å²) in [7, 11) is 0. The second-order valence-corrected chi connectivity index (χ2v) is 4.85. The summed E-state index contributed by atoms with van der Waals surface area (Å²) in [5, 5.41) is 9.24. The number of rotatable bonds is 1. The molecule has 1 N–H and O–H groups in total. The first kappa shape index (κ1) is 10.1. The van der Waals surface area contributed by atoms with Gasteiger partial charge >= 0.3 is 0 Å². The fraction of sp³-hybridized carbons (Fsp3) is 0.500. The van der Waals surface area contributed by atoms with Crippen LogP contribution in [-0.4, -0.2) is 5.11 Å². The van der Waals surface area contributed by atoms with E-state index in [1.165, 1.54) is 11.1 Å². The van der Waals surface area contributed by atoms with E-state index >= 15 is 0 Å². The van der Waals surface area contributed by atoms with Crippen molar-refractivity contribution < 1.29 is 5.11 Å². The van der Waals surface area contributed by atoms with Gasteiger partial charge in [0, 0.05) is 0 Å². The van der Waals surface area contributed by atoms with Gasteiger partial charge in [-0.05, 0) is 42.0 Å². The third-order valence-electron chi connectivity index (χ3n) is 2.05. The van der Waals surface area contributed by atoms with Gasteiger partial charge in [0.05, 0.1) is 0 Å². The zero-order valence-electron chi connectivity index (χ0n) is 8.89. The summed E-state index contributed by atoms with van der Waals surface area (Å²) in [6, 6.07) is 5.59. The minimum atomic E-state index is 0.307. The van der Waals surface area contributed by atoms with Crippen molar-refractivity contribution in [3.05, 3.63) is 29.3 Å². The zero-order valence-corrected chi connectivity index (χ0v) is 8.89. The highest BCUT2D eigenvalue weighted by Gasteiger charge is 2.12. The van der Waals surface area contributed by atoms with Gasteiger partial charge in [-0.15, -0.1) is 0 Å². The van der Waals surface area contributed by atoms with Crippen LogP contribution in [0.2, 0.25) is 0 Å². The van der Waals surface area contributed by atoms with Crippen LogP contribution in [0.25, 0.3) is 0 Å². The van der Waals surface area contributed by atoms with Gasteiger partial charge in [-0.2, -0.15) is 0 Å². The molecule has 13 heavy (non-hydrogen) atoms. The Bertz CT molecular complexity index is 294. The van der Waals surface area contributed by atoms with Crippen LogP contribution in [-0.2, 0) is 6.42 Å². The molecule has 1 rings (SSSR count). The number of benzene rings is 1. The molecule has 72 valence electrons. The van der Waals surface area contributed by atoms with Gasteiger partial charge in [-0.3, -0.25) is 0 Å². The first-order valence-electron chi connectivity index (χ1n) is 4.67. The summed E-state index contributed by atoms with van der Waals surface area (Å²) in [6.07, 6.45) is 1.05. The molecule has 0 saturated carbocycles. The SMILES string of the molecule is Cc1cc(O)ccc1CC(C)(C)C. The van der Waals surface area contributed by atoms with E-state index in [-0.39, 0.29) is 0 Å². The van der Waals surface area contributed by atoms with Crippen molar-refractivity contribution in [3.63, 3.8) is 0 Å². The Balaban J connectivity index is 2.90. The molecule has 1 aromatic carbocycles. The topological polar surface area (TPSA) is 20.2 Å². The Morgan fingerprint density at radius 3 is 2.31 bits per heavy atom. The minimum absolute atomic E-state index is 0.307. The van der Waals surface area contributed by atoms with Crippen LogP contribution < -0.4 is 0 Å². The molecule has 0 aliphatic carbocycles. The van der Waals surface area contributed by atoms with Gasteiger partial charge in [0.1, 0.15) is 5.75 Å². The molecule has 0 atom stereocenters. The third kappa shape index (κ3) is 3.10. The number of phenols is 1. The monoisotopic (exact) mass is 178 g/mol. The second kappa shape index (κ2) is 3.41. The van der Waals surface area contributed by atoms with Crippen molar-refractivity contribution >= 4 is 0 Å². The van der Waals surface area contributed by atoms with E-state index in [0.717, 1.165) is 6.42 Å². The van der Waals surface area contributed by atoms with Crippen LogP contribution in [0, 0.1) is 12.3 Å². The maximum Gasteiger partial charge on any atom is 0.115 e. The summed E-state index contributed by atoms with van der Waals surface area (Å²) >= 11 is 0. The lowest BCUT2D eigenvalue weighted by atomic mass is 9.86. The highest BCUT2D eigenvalue weighted by atomic mass is 16.3. The fourth-order valence-electron chi connectivity index (χ4n) is 1.45. The van der Waals surface area contributed by atoms with Gasteiger partial charge in [0.2, 0.25) is 0 Å². The molecular weight excluding hydrogens is 160 g/mol. The van der Waals surface area contributed by atoms with Crippen LogP contribution in [0.15, 0.2) is 18.2 Å². The average molecular weight is 178 g/mol. The fourth-order valence-corrected chi connectivity index (χ4v) is 1.45. The van der Waals surface area contributed by atoms with Gasteiger partial charge < -0.3 is 5.11 Å². The highest BCUT2D eigenvalue weighted by molar-refractivity contribution is 5.34. The Labute approximate surface area is 80.4 Å². The number of aryl methyl sites for hydroxylation is 1. The van der Waals surface area contributed by atoms with Crippen molar-refractivity contribution in [2.75, 3.05) is 0 Å². The Morgan fingerprint density at radius 1 is 1.23 bits per heavy atom. The lowest BCUT2D eigenvalue weighted by Crippen LogP contribution is -2.09. The van der Waals surface area contributed by atoms with Crippen LogP contribution in [0.1, 0.15) is 31.9 Å². The number of aromatic hydroxyl groups is 1. The molecule has 0 heterocycles. The minimum Gasteiger partial charge on any atom is -0.508 e. The van der Waals surface area contributed by atoms with E-state index in [9.17, 15) is 5.11 Å². The van der Waals surface area contributed by atoms with Crippen molar-refractivity contribution in [2.24, 2.45) is 5.41 Å². The predicted octanol–water partition coefficient (Wildman–Crippen LogP) is 3.29. The van der Waals surface area contributed by atoms with E-state index in [2.05, 4.69) is 20.8 Å². The normalized spacial score (nSPS) is 11.7. The number of phenolic OH excluding ortho intramolecular Hbond substituents is 1. The predicted molar refractivity (Wildman–Crippen MR) is 56.0 cm³/mol. The molecule has 0 aliphatic heterocycles. The molecule has 0 aliphatic rings. The van der Waals surface area contributed by atoms with E-state index < -0.39 is 0 Å². The van der Waals surface area contributed by atoms with Gasteiger partial charge in [-0.25, -0.2) is 0 Å². The first-order chi connectivity index (χ1) is 5.88. The smallest absolute Gasteiger partial charge is 0.115 e. The van der Waals surface area contributed by atoms with Crippen LogP contribution in [0.4, 0.5) is 0 Å². The van der Waals surface area contributed by atoms with E-state index in [1.54, 1.807) is 6.07 Å². The average Bonchev–Trinajstić information content (AvgIpc) is 1.93. The molecule has 0 unspecified atom stereocenters. The van der Waals surface area contributed by atoms with Crippen LogP contribution in [0.5, 0.6) is 5.75 Å². The lowest BCUT2D eigenvalue weighted by Gasteiger charge is -2.19. The molecule has 0 aromatic heterocycles. The van der Waals surface area contributed by atoms with Gasteiger partial charge in [-0.1, -0.05) is 26.8 Å². The largest absolute Gasteiger partial charge is 0.508 e. The summed E-state index contributed by atoms with van der Waals surface area (Å²) in [6.45, 7) is 8.71. The maximum atomic E-state index is 9.24. The molecule has 0 fully saturated rings. The van der Waals surface area contributed by atoms with Gasteiger partial charge in [0.25, 0.3) is 0 Å². The molecule has 0 spiro atoms. The number of hydrogen-bond donors (Lipinski definition) is 1. The molecule has 1 nitrogen and oxygen atoms in total. The molecule has 0 amide bonds. The highest BCUT2D eigenvalue weighted by Crippen LogP contribution is 2.24. The van der Waals surface area contributed by atoms with E-state index in [1.807, 2.05) is 19.1 Å². The quantitative estimate of drug-likeness (QED) is 0.699. The third-order valence-corrected chi connectivity index (χ3v) is 2.05. The molecular formula is C12H18O. The summed E-state index contributed by atoms with van der Waals surface area (Å²) in [5.41, 5.74) is 2.81. The molecule has 0 bridgehead atoms. The molecule has 1 heteroatoms. The Hall–Kier alpha value is -0.980. The summed E-state index contributed by atoms with van der Waals surface area (Å²) in [5.74, 6) is 0.357. The van der Waals surface area contributed by atoms with Crippen molar-refractivity contribution in [1.29, 1.82) is 0 Å². The summed E-state index contributed by atoms with van der Waals surface area (Å²) < 4.78 is 0. The molecule has 1 aromatic rings. The van der Waals surface area contributed by atoms with Crippen molar-refractivity contribution in [2.45, 2.75) is 34.1 Å². The standard InChI is InChI=1S/C12H18O/c1-9-7-11(13)6-5-10(9)8-12(2,3)4/h5-7,13H,8H2,1-4H3. The summed E-state index contributed by atoms with van der Waals surface area (Å²) in [4.78, 5) is 0. The zero-order chi connectivity index (χ0) is 10.1. The van der Waals surface area contributed by atoms with Crippen molar-refractivity contribution in [1.82, 2.24) is 0 Å². The number of hydrogen-bond acceptors (Lipinski definition) is 1. The van der Waals surface area contributed by atoms with Crippen LogP contribution >= 0.6 is 0 Å². The lowest BCUT2D eigenvalue weighted by molar-refractivity contribution is 0.409. The van der Waals surface area contributed by atoms with Gasteiger partial charge in [0.15, 0.2) is 0 Å². The second-order valence-electron chi connectivity index (χ2n) is 4.85. The Kier molecular flexibility index (Phi) is 2.65. The Morgan fingerprint density at radius 2 is 1.85 bits per heavy atom.